The van der Waals surface area contributed by atoms with Crippen molar-refractivity contribution in [1.29, 1.82) is 0 Å². The van der Waals surface area contributed by atoms with Crippen LogP contribution in [-0.4, -0.2) is 19.1 Å². The normalized spacial score (nSPS) is 13.9. The molecule has 2 aromatic rings. The van der Waals surface area contributed by atoms with E-state index in [1.54, 1.807) is 0 Å². The van der Waals surface area contributed by atoms with Crippen molar-refractivity contribution in [1.82, 2.24) is 4.98 Å². The largest absolute Gasteiger partial charge is 0.378 e. The van der Waals surface area contributed by atoms with Crippen molar-refractivity contribution in [2.45, 2.75) is 7.85 Å². The summed E-state index contributed by atoms with van der Waals surface area (Å²) in [6.45, 7) is 0. The molecule has 1 aromatic heterocycles. The molecule has 0 aliphatic rings. The smallest absolute Gasteiger partial charge is 0.0690 e. The zero-order valence-electron chi connectivity index (χ0n) is 10.9. The lowest BCUT2D eigenvalue weighted by molar-refractivity contribution is 0.924. The Hall–Kier alpha value is -0.370. The maximum Gasteiger partial charge on any atom is 0.0690 e. The van der Waals surface area contributed by atoms with E-state index >= 15 is 0 Å². The summed E-state index contributed by atoms with van der Waals surface area (Å²) < 4.78 is 0.800. The van der Waals surface area contributed by atoms with Crippen LogP contribution in [0, 0.1) is 0 Å². The summed E-state index contributed by atoms with van der Waals surface area (Å²) in [5, 5.41) is 0. The fraction of sp³-hybridized carbons (Fsp3) is 0.267. The van der Waals surface area contributed by atoms with Gasteiger partial charge in [0, 0.05) is 26.0 Å². The molecule has 1 aromatic carbocycles. The minimum absolute atomic E-state index is 0.379. The number of aromatic nitrogens is 1. The van der Waals surface area contributed by atoms with Gasteiger partial charge in [-0.1, -0.05) is 63.4 Å². The van der Waals surface area contributed by atoms with Crippen LogP contribution < -0.4 is 4.90 Å². The molecular weight excluding hydrogens is 462 g/mol. The highest BCUT2D eigenvalue weighted by molar-refractivity contribution is 14.1. The van der Waals surface area contributed by atoms with Gasteiger partial charge in [-0.15, -0.1) is 0 Å². The molecule has 4 heteroatoms. The van der Waals surface area contributed by atoms with Gasteiger partial charge in [0.25, 0.3) is 0 Å². The topological polar surface area (TPSA) is 16.1 Å². The predicted molar refractivity (Wildman–Crippen MR) is 98.5 cm³/mol. The Labute approximate surface area is 141 Å². The van der Waals surface area contributed by atoms with Crippen molar-refractivity contribution in [2.75, 3.05) is 19.0 Å². The van der Waals surface area contributed by atoms with Crippen LogP contribution in [0.15, 0.2) is 48.7 Å². The molecule has 2 atom stereocenters. The lowest BCUT2D eigenvalue weighted by Crippen LogP contribution is -2.08. The second-order valence-corrected chi connectivity index (χ2v) is 7.23. The van der Waals surface area contributed by atoms with Crippen LogP contribution in [0.5, 0.6) is 0 Å². The fourth-order valence-corrected chi connectivity index (χ4v) is 3.38. The van der Waals surface area contributed by atoms with E-state index in [1.165, 1.54) is 11.3 Å². The molecule has 2 nitrogen and oxygen atoms in total. The van der Waals surface area contributed by atoms with Gasteiger partial charge in [0.2, 0.25) is 0 Å². The van der Waals surface area contributed by atoms with Crippen molar-refractivity contribution < 1.29 is 0 Å². The highest BCUT2D eigenvalue weighted by atomic mass is 127. The summed E-state index contributed by atoms with van der Waals surface area (Å²) in [7, 11) is 4.12. The minimum atomic E-state index is 0.379. The van der Waals surface area contributed by atoms with Crippen LogP contribution in [0.25, 0.3) is 0 Å². The summed E-state index contributed by atoms with van der Waals surface area (Å²) in [6.07, 6.45) is 1.86. The zero-order chi connectivity index (χ0) is 13.8. The number of rotatable bonds is 4. The molecule has 0 bridgehead atoms. The SMILES string of the molecule is CN(C)c1ccc(C(I)C(I)c2ccccn2)cc1. The lowest BCUT2D eigenvalue weighted by atomic mass is 10.1. The van der Waals surface area contributed by atoms with Crippen LogP contribution in [0.2, 0.25) is 0 Å². The molecule has 1 heterocycles. The first-order chi connectivity index (χ1) is 9.09. The quantitative estimate of drug-likeness (QED) is 0.464. The third-order valence-electron chi connectivity index (χ3n) is 2.96. The lowest BCUT2D eigenvalue weighted by Gasteiger charge is -2.18. The zero-order valence-corrected chi connectivity index (χ0v) is 15.2. The molecule has 2 unspecified atom stereocenters. The number of alkyl halides is 2. The maximum atomic E-state index is 4.45. The Morgan fingerprint density at radius 2 is 1.63 bits per heavy atom. The van der Waals surface area contributed by atoms with E-state index in [9.17, 15) is 0 Å². The molecule has 19 heavy (non-hydrogen) atoms. The van der Waals surface area contributed by atoms with E-state index in [-0.39, 0.29) is 0 Å². The molecule has 0 saturated carbocycles. The molecule has 0 radical (unpaired) electrons. The Kier molecular flexibility index (Phi) is 5.44. The number of hydrogen-bond donors (Lipinski definition) is 0. The molecule has 0 aliphatic heterocycles. The molecule has 0 N–H and O–H groups in total. The van der Waals surface area contributed by atoms with E-state index in [4.69, 9.17) is 0 Å². The number of anilines is 1. The van der Waals surface area contributed by atoms with E-state index in [0.29, 0.717) is 7.85 Å². The average molecular weight is 478 g/mol. The van der Waals surface area contributed by atoms with Crippen molar-refractivity contribution in [3.8, 4) is 0 Å². The summed E-state index contributed by atoms with van der Waals surface area (Å²) >= 11 is 4.98. The molecule has 0 amide bonds. The minimum Gasteiger partial charge on any atom is -0.378 e. The maximum absolute atomic E-state index is 4.45. The van der Waals surface area contributed by atoms with Gasteiger partial charge in [-0.2, -0.15) is 0 Å². The summed E-state index contributed by atoms with van der Waals surface area (Å²) in [6, 6.07) is 14.9. The summed E-state index contributed by atoms with van der Waals surface area (Å²) in [4.78, 5) is 6.57. The Morgan fingerprint density at radius 3 is 2.16 bits per heavy atom. The Bertz CT molecular complexity index is 511. The van der Waals surface area contributed by atoms with Crippen molar-refractivity contribution >= 4 is 50.9 Å². The van der Waals surface area contributed by atoms with Gasteiger partial charge in [0.15, 0.2) is 0 Å². The van der Waals surface area contributed by atoms with Crippen molar-refractivity contribution in [3.63, 3.8) is 0 Å². The Morgan fingerprint density at radius 1 is 0.947 bits per heavy atom. The van der Waals surface area contributed by atoms with Crippen LogP contribution in [0.3, 0.4) is 0 Å². The van der Waals surface area contributed by atoms with Crippen LogP contribution in [-0.2, 0) is 0 Å². The van der Waals surface area contributed by atoms with E-state index in [1.807, 2.05) is 18.3 Å². The van der Waals surface area contributed by atoms with Crippen molar-refractivity contribution in [2.24, 2.45) is 0 Å². The first kappa shape index (κ1) is 15.0. The number of nitrogens with zero attached hydrogens (tertiary/aromatic N) is 2. The second kappa shape index (κ2) is 6.88. The van der Waals surface area contributed by atoms with Gasteiger partial charge in [-0.05, 0) is 29.8 Å². The molecular formula is C15H16I2N2. The summed E-state index contributed by atoms with van der Waals surface area (Å²) in [5.41, 5.74) is 3.71. The first-order valence-corrected chi connectivity index (χ1v) is 8.55. The number of halogens is 2. The third-order valence-corrected chi connectivity index (χ3v) is 7.13. The fourth-order valence-electron chi connectivity index (χ4n) is 1.81. The van der Waals surface area contributed by atoms with E-state index < -0.39 is 0 Å². The molecule has 100 valence electrons. The molecule has 0 fully saturated rings. The van der Waals surface area contributed by atoms with E-state index in [2.05, 4.69) is 99.5 Å². The third kappa shape index (κ3) is 3.81. The van der Waals surface area contributed by atoms with Gasteiger partial charge in [-0.25, -0.2) is 0 Å². The van der Waals surface area contributed by atoms with Crippen LogP contribution >= 0.6 is 45.2 Å². The average Bonchev–Trinajstić information content (AvgIpc) is 2.46. The highest BCUT2D eigenvalue weighted by Gasteiger charge is 2.20. The predicted octanol–water partition coefficient (Wildman–Crippen LogP) is 4.80. The van der Waals surface area contributed by atoms with Crippen LogP contribution in [0.1, 0.15) is 19.1 Å². The molecule has 0 spiro atoms. The highest BCUT2D eigenvalue weighted by Crippen LogP contribution is 2.42. The molecule has 0 saturated heterocycles. The summed E-state index contributed by atoms with van der Waals surface area (Å²) in [5.74, 6) is 0. The first-order valence-electron chi connectivity index (χ1n) is 6.06. The number of benzene rings is 1. The van der Waals surface area contributed by atoms with Gasteiger partial charge >= 0.3 is 0 Å². The second-order valence-electron chi connectivity index (χ2n) is 4.54. The molecule has 0 aliphatic carbocycles. The van der Waals surface area contributed by atoms with Gasteiger partial charge < -0.3 is 4.90 Å². The number of hydrogen-bond acceptors (Lipinski definition) is 2. The standard InChI is InChI=1S/C15H16I2N2/c1-19(2)12-8-6-11(7-9-12)14(16)15(17)13-5-3-4-10-18-13/h3-10,14-15H,1-2H3. The van der Waals surface area contributed by atoms with Crippen molar-refractivity contribution in [3.05, 3.63) is 59.9 Å². The van der Waals surface area contributed by atoms with Gasteiger partial charge in [-0.3, -0.25) is 4.98 Å². The number of pyridine rings is 1. The monoisotopic (exact) mass is 478 g/mol. The van der Waals surface area contributed by atoms with Crippen LogP contribution in [0.4, 0.5) is 5.69 Å². The van der Waals surface area contributed by atoms with E-state index in [0.717, 1.165) is 5.69 Å². The molecule has 2 rings (SSSR count). The van der Waals surface area contributed by atoms with Gasteiger partial charge in [0.1, 0.15) is 0 Å². The van der Waals surface area contributed by atoms with Gasteiger partial charge in [0.05, 0.1) is 13.5 Å². The Balaban J connectivity index is 2.17.